The van der Waals surface area contributed by atoms with Gasteiger partial charge in [0, 0.05) is 25.2 Å². The van der Waals surface area contributed by atoms with Gasteiger partial charge in [-0.1, -0.05) is 6.92 Å². The van der Waals surface area contributed by atoms with Crippen LogP contribution >= 0.6 is 0 Å². The molecule has 0 aromatic carbocycles. The summed E-state index contributed by atoms with van der Waals surface area (Å²) in [6.07, 6.45) is 4.84. The molecule has 1 atom stereocenters. The minimum atomic E-state index is -3.49. The van der Waals surface area contributed by atoms with E-state index >= 15 is 0 Å². The molecule has 1 aliphatic carbocycles. The molecule has 0 aliphatic heterocycles. The third kappa shape index (κ3) is 3.21. The molecule has 2 rings (SSSR count). The Morgan fingerprint density at radius 2 is 2.25 bits per heavy atom. The first-order chi connectivity index (χ1) is 9.48. The first-order valence-corrected chi connectivity index (χ1v) is 8.63. The first kappa shape index (κ1) is 15.5. The molecule has 0 saturated heterocycles. The maximum absolute atomic E-state index is 12.6. The summed E-state index contributed by atoms with van der Waals surface area (Å²) in [5.74, 6) is 0.499. The molecule has 20 heavy (non-hydrogen) atoms. The van der Waals surface area contributed by atoms with Gasteiger partial charge in [0.25, 0.3) is 10.0 Å². The van der Waals surface area contributed by atoms with Crippen LogP contribution in [0.5, 0.6) is 0 Å². The lowest BCUT2D eigenvalue weighted by Gasteiger charge is -2.23. The summed E-state index contributed by atoms with van der Waals surface area (Å²) in [5.41, 5.74) is 0.702. The van der Waals surface area contributed by atoms with Gasteiger partial charge in [0.15, 0.2) is 5.03 Å². The highest BCUT2D eigenvalue weighted by Gasteiger charge is 2.37. The fraction of sp³-hybridized carbons (Fsp3) is 0.769. The van der Waals surface area contributed by atoms with Gasteiger partial charge in [0.05, 0.1) is 6.20 Å². The average Bonchev–Trinajstić information content (AvgIpc) is 3.16. The van der Waals surface area contributed by atoms with Crippen molar-refractivity contribution < 1.29 is 8.42 Å². The maximum Gasteiger partial charge on any atom is 0.260 e. The Morgan fingerprint density at radius 3 is 2.85 bits per heavy atom. The van der Waals surface area contributed by atoms with Gasteiger partial charge in [-0.05, 0) is 38.6 Å². The van der Waals surface area contributed by atoms with Crippen LogP contribution in [-0.4, -0.2) is 42.6 Å². The van der Waals surface area contributed by atoms with E-state index < -0.39 is 10.0 Å². The zero-order chi connectivity index (χ0) is 14.8. The Labute approximate surface area is 121 Å². The molecule has 6 nitrogen and oxygen atoms in total. The van der Waals surface area contributed by atoms with E-state index in [1.165, 1.54) is 4.31 Å². The zero-order valence-electron chi connectivity index (χ0n) is 12.4. The highest BCUT2D eigenvalue weighted by Crippen LogP contribution is 2.36. The molecule has 1 fully saturated rings. The number of rotatable bonds is 8. The number of aromatic nitrogens is 2. The van der Waals surface area contributed by atoms with E-state index in [1.807, 2.05) is 6.92 Å². The van der Waals surface area contributed by atoms with Gasteiger partial charge in [0.1, 0.15) is 0 Å². The van der Waals surface area contributed by atoms with E-state index in [1.54, 1.807) is 13.2 Å². The molecule has 1 heterocycles. The van der Waals surface area contributed by atoms with Crippen molar-refractivity contribution in [2.45, 2.75) is 50.7 Å². The van der Waals surface area contributed by atoms with E-state index in [-0.39, 0.29) is 11.1 Å². The van der Waals surface area contributed by atoms with Crippen molar-refractivity contribution in [3.8, 4) is 0 Å². The van der Waals surface area contributed by atoms with Crippen molar-refractivity contribution >= 4 is 10.0 Å². The number of nitrogens with zero attached hydrogens (tertiary/aromatic N) is 2. The van der Waals surface area contributed by atoms with Crippen molar-refractivity contribution in [2.24, 2.45) is 5.92 Å². The highest BCUT2D eigenvalue weighted by atomic mass is 32.2. The molecule has 1 saturated carbocycles. The van der Waals surface area contributed by atoms with Gasteiger partial charge in [-0.15, -0.1) is 0 Å². The predicted molar refractivity (Wildman–Crippen MR) is 77.7 cm³/mol. The van der Waals surface area contributed by atoms with Crippen LogP contribution in [0.3, 0.4) is 0 Å². The van der Waals surface area contributed by atoms with E-state index in [0.717, 1.165) is 25.8 Å². The largest absolute Gasteiger partial charge is 0.313 e. The Balaban J connectivity index is 2.14. The summed E-state index contributed by atoms with van der Waals surface area (Å²) in [6, 6.07) is 0.0414. The monoisotopic (exact) mass is 300 g/mol. The van der Waals surface area contributed by atoms with Gasteiger partial charge in [0.2, 0.25) is 0 Å². The minimum Gasteiger partial charge on any atom is -0.313 e. The fourth-order valence-electron chi connectivity index (χ4n) is 2.29. The molecule has 0 radical (unpaired) electrons. The van der Waals surface area contributed by atoms with E-state index in [9.17, 15) is 8.42 Å². The summed E-state index contributed by atoms with van der Waals surface area (Å²) in [4.78, 5) is 0. The van der Waals surface area contributed by atoms with Gasteiger partial charge in [-0.25, -0.2) is 8.42 Å². The van der Waals surface area contributed by atoms with Crippen molar-refractivity contribution in [1.29, 1.82) is 0 Å². The van der Waals surface area contributed by atoms with Gasteiger partial charge < -0.3 is 5.32 Å². The third-order valence-corrected chi connectivity index (χ3v) is 5.90. The topological polar surface area (TPSA) is 78.1 Å². The SMILES string of the molecule is CCCNCc1cn[nH]c1S(=O)(=O)N(C)C(C)C1CC1. The Morgan fingerprint density at radius 1 is 1.55 bits per heavy atom. The lowest BCUT2D eigenvalue weighted by Crippen LogP contribution is -2.37. The molecule has 1 aliphatic rings. The standard InChI is InChI=1S/C13H24N4O2S/c1-4-7-14-8-12-9-15-16-13(12)20(18,19)17(3)10(2)11-5-6-11/h9-11,14H,4-8H2,1-3H3,(H,15,16). The molecule has 0 amide bonds. The number of sulfonamides is 1. The van der Waals surface area contributed by atoms with E-state index in [4.69, 9.17) is 0 Å². The third-order valence-electron chi connectivity index (χ3n) is 3.94. The van der Waals surface area contributed by atoms with Gasteiger partial charge in [-0.2, -0.15) is 9.40 Å². The maximum atomic E-state index is 12.6. The minimum absolute atomic E-state index is 0.0414. The predicted octanol–water partition coefficient (Wildman–Crippen LogP) is 1.33. The van der Waals surface area contributed by atoms with Gasteiger partial charge >= 0.3 is 0 Å². The van der Waals surface area contributed by atoms with E-state index in [2.05, 4.69) is 22.4 Å². The molecule has 1 aromatic heterocycles. The Hall–Kier alpha value is -0.920. The summed E-state index contributed by atoms with van der Waals surface area (Å²) < 4.78 is 26.8. The number of nitrogens with one attached hydrogen (secondary N) is 2. The van der Waals surface area contributed by atoms with Crippen molar-refractivity contribution in [3.63, 3.8) is 0 Å². The summed E-state index contributed by atoms with van der Waals surface area (Å²) in [5, 5.41) is 9.98. The van der Waals surface area contributed by atoms with Crippen LogP contribution in [0.4, 0.5) is 0 Å². The van der Waals surface area contributed by atoms with Crippen LogP contribution in [0.1, 0.15) is 38.7 Å². The second kappa shape index (κ2) is 6.24. The quantitative estimate of drug-likeness (QED) is 0.710. The lowest BCUT2D eigenvalue weighted by molar-refractivity contribution is 0.355. The van der Waals surface area contributed by atoms with Gasteiger partial charge in [-0.3, -0.25) is 5.10 Å². The molecular weight excluding hydrogens is 276 g/mol. The number of aromatic amines is 1. The summed E-state index contributed by atoms with van der Waals surface area (Å²) in [7, 11) is -1.84. The normalized spacial score (nSPS) is 17.6. The lowest BCUT2D eigenvalue weighted by atomic mass is 10.2. The fourth-order valence-corrected chi connectivity index (χ4v) is 3.81. The van der Waals surface area contributed by atoms with Crippen LogP contribution in [0.25, 0.3) is 0 Å². The molecule has 0 spiro atoms. The van der Waals surface area contributed by atoms with E-state index in [0.29, 0.717) is 18.0 Å². The molecule has 2 N–H and O–H groups in total. The van der Waals surface area contributed by atoms with Crippen LogP contribution in [0.15, 0.2) is 11.2 Å². The van der Waals surface area contributed by atoms with Crippen molar-refractivity contribution in [2.75, 3.05) is 13.6 Å². The summed E-state index contributed by atoms with van der Waals surface area (Å²) >= 11 is 0. The zero-order valence-corrected chi connectivity index (χ0v) is 13.2. The Bertz CT molecular complexity index is 536. The molecule has 7 heteroatoms. The number of hydrogen-bond donors (Lipinski definition) is 2. The second-order valence-electron chi connectivity index (χ2n) is 5.50. The average molecular weight is 300 g/mol. The molecule has 1 aromatic rings. The smallest absolute Gasteiger partial charge is 0.260 e. The Kier molecular flexibility index (Phi) is 4.82. The number of hydrogen-bond acceptors (Lipinski definition) is 4. The highest BCUT2D eigenvalue weighted by molar-refractivity contribution is 7.89. The second-order valence-corrected chi connectivity index (χ2v) is 7.43. The molecule has 1 unspecified atom stereocenters. The van der Waals surface area contributed by atoms with Crippen LogP contribution in [0, 0.1) is 5.92 Å². The van der Waals surface area contributed by atoms with Crippen molar-refractivity contribution in [3.05, 3.63) is 11.8 Å². The number of H-pyrrole nitrogens is 1. The molecular formula is C13H24N4O2S. The molecule has 114 valence electrons. The summed E-state index contributed by atoms with van der Waals surface area (Å²) in [6.45, 7) is 5.43. The van der Waals surface area contributed by atoms with Crippen molar-refractivity contribution in [1.82, 2.24) is 19.8 Å². The van der Waals surface area contributed by atoms with Crippen LogP contribution < -0.4 is 5.32 Å². The molecule has 0 bridgehead atoms. The van der Waals surface area contributed by atoms with Crippen LogP contribution in [-0.2, 0) is 16.6 Å². The first-order valence-electron chi connectivity index (χ1n) is 7.19. The van der Waals surface area contributed by atoms with Crippen LogP contribution in [0.2, 0.25) is 0 Å².